The van der Waals surface area contributed by atoms with E-state index in [1.807, 2.05) is 0 Å². The van der Waals surface area contributed by atoms with Crippen LogP contribution < -0.4 is 10.1 Å². The number of hydrogen-bond donors (Lipinski definition) is 1. The highest BCUT2D eigenvalue weighted by atomic mass is 19.4. The van der Waals surface area contributed by atoms with Gasteiger partial charge in [-0.25, -0.2) is 4.79 Å². The van der Waals surface area contributed by atoms with Crippen molar-refractivity contribution in [1.29, 1.82) is 0 Å². The van der Waals surface area contributed by atoms with E-state index in [0.29, 0.717) is 0 Å². The summed E-state index contributed by atoms with van der Waals surface area (Å²) >= 11 is 0. The Morgan fingerprint density at radius 3 is 2.68 bits per heavy atom. The molecule has 1 N–H and O–H groups in total. The first-order valence-corrected chi connectivity index (χ1v) is 10.2. The van der Waals surface area contributed by atoms with E-state index in [4.69, 9.17) is 24.5 Å². The average molecular weight is 490 g/mol. The highest BCUT2D eigenvalue weighted by molar-refractivity contribution is 5.94. The molecule has 0 saturated heterocycles. The Bertz CT molecular complexity index is 861. The van der Waals surface area contributed by atoms with E-state index in [1.165, 1.54) is 24.3 Å². The van der Waals surface area contributed by atoms with Crippen LogP contribution in [0.1, 0.15) is 30.1 Å². The van der Waals surface area contributed by atoms with Crippen molar-refractivity contribution in [2.75, 3.05) is 39.6 Å². The van der Waals surface area contributed by atoms with Crippen molar-refractivity contribution in [3.8, 4) is 5.75 Å². The molecule has 0 saturated carbocycles. The number of hydrogen-bond acceptors (Lipinski definition) is 8. The summed E-state index contributed by atoms with van der Waals surface area (Å²) in [6.45, 7) is 1.41. The third kappa shape index (κ3) is 12.0. The normalized spacial score (nSPS) is 11.8. The molecule has 1 atom stereocenters. The van der Waals surface area contributed by atoms with Gasteiger partial charge in [0.25, 0.3) is 5.91 Å². The minimum Gasteiger partial charge on any atom is -0.491 e. The lowest BCUT2D eigenvalue weighted by atomic mass is 10.2. The summed E-state index contributed by atoms with van der Waals surface area (Å²) in [5.74, 6) is -2.68. The van der Waals surface area contributed by atoms with Crippen LogP contribution in [0.3, 0.4) is 0 Å². The van der Waals surface area contributed by atoms with Crippen molar-refractivity contribution >= 4 is 17.7 Å². The second kappa shape index (κ2) is 15.5. The number of rotatable bonds is 16. The molecule has 11 nitrogen and oxygen atoms in total. The van der Waals surface area contributed by atoms with Crippen molar-refractivity contribution in [3.05, 3.63) is 40.3 Å². The van der Waals surface area contributed by atoms with Gasteiger partial charge >= 0.3 is 12.1 Å². The number of benzene rings is 1. The SMILES string of the molecule is CCOC(=O)COCCOC(COc1cccc(C(=O)NCCCC(=O)C(F)(F)F)c1)N=[N+]=[N-]. The van der Waals surface area contributed by atoms with Gasteiger partial charge < -0.3 is 24.3 Å². The molecule has 0 spiro atoms. The molecule has 0 aliphatic carbocycles. The molecule has 1 aromatic rings. The summed E-state index contributed by atoms with van der Waals surface area (Å²) in [7, 11) is 0. The van der Waals surface area contributed by atoms with E-state index < -0.39 is 36.5 Å². The fraction of sp³-hybridized carbons (Fsp3) is 0.550. The molecule has 1 aromatic carbocycles. The molecular weight excluding hydrogens is 465 g/mol. The van der Waals surface area contributed by atoms with Gasteiger partial charge in [0.1, 0.15) is 19.0 Å². The third-order valence-corrected chi connectivity index (χ3v) is 3.91. The van der Waals surface area contributed by atoms with Crippen LogP contribution in [-0.4, -0.2) is 69.6 Å². The largest absolute Gasteiger partial charge is 0.491 e. The van der Waals surface area contributed by atoms with Gasteiger partial charge in [0.05, 0.1) is 19.8 Å². The van der Waals surface area contributed by atoms with Crippen LogP contribution in [0.2, 0.25) is 0 Å². The summed E-state index contributed by atoms with van der Waals surface area (Å²) < 4.78 is 57.1. The summed E-state index contributed by atoms with van der Waals surface area (Å²) in [6.07, 6.45) is -6.78. The van der Waals surface area contributed by atoms with Crippen LogP contribution in [0.15, 0.2) is 29.4 Å². The number of ether oxygens (including phenoxy) is 4. The molecule has 0 heterocycles. The van der Waals surface area contributed by atoms with Gasteiger partial charge in [0, 0.05) is 23.4 Å². The van der Waals surface area contributed by atoms with Gasteiger partial charge in [0.15, 0.2) is 6.23 Å². The smallest absolute Gasteiger partial charge is 0.449 e. The van der Waals surface area contributed by atoms with Crippen molar-refractivity contribution in [1.82, 2.24) is 5.32 Å². The lowest BCUT2D eigenvalue weighted by molar-refractivity contribution is -0.171. The van der Waals surface area contributed by atoms with Crippen LogP contribution >= 0.6 is 0 Å². The first kappa shape index (κ1) is 28.7. The highest BCUT2D eigenvalue weighted by Crippen LogP contribution is 2.18. The van der Waals surface area contributed by atoms with E-state index in [-0.39, 0.29) is 57.3 Å². The number of Topliss-reactive ketones (excluding diaryl/α,β-unsaturated/α-hetero) is 1. The second-order valence-corrected chi connectivity index (χ2v) is 6.51. The molecule has 1 rings (SSSR count). The number of halogens is 3. The van der Waals surface area contributed by atoms with Gasteiger partial charge in [-0.3, -0.25) is 9.59 Å². The fourth-order valence-electron chi connectivity index (χ4n) is 2.36. The molecule has 0 aliphatic rings. The maximum absolute atomic E-state index is 12.2. The Labute approximate surface area is 193 Å². The Hall–Kier alpha value is -3.35. The first-order valence-electron chi connectivity index (χ1n) is 10.2. The van der Waals surface area contributed by atoms with E-state index in [9.17, 15) is 27.6 Å². The second-order valence-electron chi connectivity index (χ2n) is 6.51. The molecule has 34 heavy (non-hydrogen) atoms. The van der Waals surface area contributed by atoms with E-state index >= 15 is 0 Å². The lowest BCUT2D eigenvalue weighted by Crippen LogP contribution is -2.27. The van der Waals surface area contributed by atoms with Gasteiger partial charge in [-0.2, -0.15) is 13.2 Å². The summed E-state index contributed by atoms with van der Waals surface area (Å²) in [4.78, 5) is 36.8. The van der Waals surface area contributed by atoms with E-state index in [0.717, 1.165) is 0 Å². The Balaban J connectivity index is 2.44. The monoisotopic (exact) mass is 490 g/mol. The molecule has 0 radical (unpaired) electrons. The predicted molar refractivity (Wildman–Crippen MR) is 111 cm³/mol. The molecule has 1 unspecified atom stereocenters. The van der Waals surface area contributed by atoms with Gasteiger partial charge in [-0.05, 0) is 37.1 Å². The molecule has 1 amide bonds. The number of carbonyl (C=O) groups is 3. The van der Waals surface area contributed by atoms with Gasteiger partial charge in [0.2, 0.25) is 5.78 Å². The zero-order valence-corrected chi connectivity index (χ0v) is 18.4. The molecule has 0 fully saturated rings. The molecular formula is C20H25F3N4O7. The Morgan fingerprint density at radius 1 is 1.24 bits per heavy atom. The van der Waals surface area contributed by atoms with Crippen LogP contribution in [-0.2, 0) is 23.8 Å². The van der Waals surface area contributed by atoms with E-state index in [1.54, 1.807) is 6.92 Å². The van der Waals surface area contributed by atoms with Crippen molar-refractivity contribution in [3.63, 3.8) is 0 Å². The quantitative estimate of drug-likeness (QED) is 0.123. The summed E-state index contributed by atoms with van der Waals surface area (Å²) in [5, 5.41) is 5.86. The van der Waals surface area contributed by atoms with E-state index in [2.05, 4.69) is 15.3 Å². The molecule has 0 aromatic heterocycles. The number of ketones is 1. The highest BCUT2D eigenvalue weighted by Gasteiger charge is 2.37. The van der Waals surface area contributed by atoms with Gasteiger partial charge in [-0.1, -0.05) is 11.2 Å². The van der Waals surface area contributed by atoms with Crippen molar-refractivity contribution in [2.45, 2.75) is 32.2 Å². The van der Waals surface area contributed by atoms with Gasteiger partial charge in [-0.15, -0.1) is 0 Å². The predicted octanol–water partition coefficient (Wildman–Crippen LogP) is 2.94. The maximum Gasteiger partial charge on any atom is 0.449 e. The fourth-order valence-corrected chi connectivity index (χ4v) is 2.36. The molecule has 0 bridgehead atoms. The summed E-state index contributed by atoms with van der Waals surface area (Å²) in [6, 6.07) is 5.90. The minimum absolute atomic E-state index is 0.00569. The van der Waals surface area contributed by atoms with Crippen LogP contribution in [0, 0.1) is 0 Å². The number of carbonyl (C=O) groups excluding carboxylic acids is 3. The zero-order valence-electron chi connectivity index (χ0n) is 18.4. The molecule has 0 aliphatic heterocycles. The molecule has 14 heteroatoms. The van der Waals surface area contributed by atoms with Crippen LogP contribution in [0.25, 0.3) is 10.4 Å². The average Bonchev–Trinajstić information content (AvgIpc) is 2.79. The topological polar surface area (TPSA) is 149 Å². The standard InChI is InChI=1S/C20H25F3N4O7/c1-2-32-18(29)13-31-9-10-33-17(26-27-24)12-34-15-6-3-5-14(11-15)19(30)25-8-4-7-16(28)20(21,22)23/h3,5-6,11,17H,2,4,7-10,12-13H2,1H3,(H,25,30). The van der Waals surface area contributed by atoms with Crippen LogP contribution in [0.5, 0.6) is 5.75 Å². The maximum atomic E-state index is 12.2. The number of nitrogens with one attached hydrogen (secondary N) is 1. The number of amides is 1. The van der Waals surface area contributed by atoms with Crippen molar-refractivity contribution in [2.24, 2.45) is 5.11 Å². The Morgan fingerprint density at radius 2 is 2.00 bits per heavy atom. The first-order chi connectivity index (χ1) is 16.2. The van der Waals surface area contributed by atoms with Crippen molar-refractivity contribution < 1.29 is 46.5 Å². The molecule has 188 valence electrons. The Kier molecular flexibility index (Phi) is 13.1. The number of alkyl halides is 3. The number of nitrogens with zero attached hydrogens (tertiary/aromatic N) is 3. The number of azide groups is 1. The summed E-state index contributed by atoms with van der Waals surface area (Å²) in [5.41, 5.74) is 8.84. The minimum atomic E-state index is -4.89. The third-order valence-electron chi connectivity index (χ3n) is 3.91. The lowest BCUT2D eigenvalue weighted by Gasteiger charge is -2.14. The van der Waals surface area contributed by atoms with Crippen LogP contribution in [0.4, 0.5) is 13.2 Å². The number of esters is 1. The zero-order chi connectivity index (χ0) is 25.4.